The molecule has 0 bridgehead atoms. The molecule has 8 nitrogen and oxygen atoms in total. The van der Waals surface area contributed by atoms with E-state index in [1.54, 1.807) is 13.8 Å². The lowest BCUT2D eigenvalue weighted by Gasteiger charge is -2.18. The first kappa shape index (κ1) is 24.1. The molecule has 0 spiro atoms. The molecule has 2 rings (SSSR count). The van der Waals surface area contributed by atoms with E-state index >= 15 is 0 Å². The van der Waals surface area contributed by atoms with Crippen LogP contribution >= 0.6 is 0 Å². The van der Waals surface area contributed by atoms with Crippen LogP contribution in [0.25, 0.3) is 0 Å². The number of rotatable bonds is 10. The predicted octanol–water partition coefficient (Wildman–Crippen LogP) is 4.12. The van der Waals surface area contributed by atoms with Crippen molar-refractivity contribution in [3.8, 4) is 46.0 Å². The average molecular weight is 437 g/mol. The molecule has 2 aromatic rings. The minimum absolute atomic E-state index is 0.0397. The van der Waals surface area contributed by atoms with Crippen LogP contribution in [0.3, 0.4) is 0 Å². The minimum atomic E-state index is -0.0518. The highest BCUT2D eigenvalue weighted by atomic mass is 16.5. The fourth-order valence-corrected chi connectivity index (χ4v) is 3.87. The van der Waals surface area contributed by atoms with Crippen molar-refractivity contribution in [2.75, 3.05) is 28.4 Å². The first-order valence-electron chi connectivity index (χ1n) is 10.1. The van der Waals surface area contributed by atoms with E-state index in [1.165, 1.54) is 28.4 Å². The molecule has 0 aliphatic heterocycles. The molecule has 0 heterocycles. The fourth-order valence-electron chi connectivity index (χ4n) is 3.87. The summed E-state index contributed by atoms with van der Waals surface area (Å²) in [7, 11) is 5.75. The Kier molecular flexibility index (Phi) is 7.96. The highest BCUT2D eigenvalue weighted by molar-refractivity contribution is 5.66. The summed E-state index contributed by atoms with van der Waals surface area (Å²) in [5.74, 6) is 0.749. The summed E-state index contributed by atoms with van der Waals surface area (Å²) in [6.45, 7) is 3.29. The van der Waals surface area contributed by atoms with E-state index in [9.17, 15) is 20.4 Å². The molecule has 0 fully saturated rings. The van der Waals surface area contributed by atoms with Crippen LogP contribution in [-0.2, 0) is 12.8 Å². The molecule has 0 radical (unpaired) electrons. The zero-order valence-electron chi connectivity index (χ0n) is 19.0. The van der Waals surface area contributed by atoms with E-state index in [4.69, 9.17) is 18.9 Å². The van der Waals surface area contributed by atoms with Crippen LogP contribution in [0.4, 0.5) is 0 Å². The number of ether oxygens (including phenoxy) is 4. The third-order valence-electron chi connectivity index (χ3n) is 5.54. The summed E-state index contributed by atoms with van der Waals surface area (Å²) in [5.41, 5.74) is 1.79. The van der Waals surface area contributed by atoms with Gasteiger partial charge in [0.2, 0.25) is 0 Å². The number of phenolic OH excluding ortho intramolecular Hbond substituents is 4. The van der Waals surface area contributed by atoms with Crippen molar-refractivity contribution in [2.24, 2.45) is 0 Å². The number of phenols is 4. The van der Waals surface area contributed by atoms with Crippen LogP contribution in [0.2, 0.25) is 0 Å². The van der Waals surface area contributed by atoms with Crippen LogP contribution in [-0.4, -0.2) is 48.9 Å². The number of aromatic hydroxyl groups is 4. The Morgan fingerprint density at radius 2 is 0.806 bits per heavy atom. The number of unbranched alkanes of at least 4 members (excludes halogenated alkanes) is 2. The van der Waals surface area contributed by atoms with E-state index in [1.807, 2.05) is 0 Å². The van der Waals surface area contributed by atoms with E-state index in [0.29, 0.717) is 47.9 Å². The molecule has 0 saturated carbocycles. The molecule has 4 N–H and O–H groups in total. The Morgan fingerprint density at radius 3 is 1.10 bits per heavy atom. The average Bonchev–Trinajstić information content (AvgIpc) is 2.75. The Labute approximate surface area is 182 Å². The first-order chi connectivity index (χ1) is 14.7. The van der Waals surface area contributed by atoms with E-state index in [0.717, 1.165) is 6.42 Å². The Hall–Kier alpha value is -3.16. The van der Waals surface area contributed by atoms with Crippen molar-refractivity contribution in [2.45, 2.75) is 46.0 Å². The molecule has 0 aromatic heterocycles. The maximum absolute atomic E-state index is 10.6. The molecule has 0 aliphatic carbocycles. The normalized spacial score (nSPS) is 10.8. The van der Waals surface area contributed by atoms with Crippen LogP contribution in [0.15, 0.2) is 0 Å². The number of benzene rings is 2. The van der Waals surface area contributed by atoms with Gasteiger partial charge in [0, 0.05) is 22.3 Å². The van der Waals surface area contributed by atoms with Gasteiger partial charge in [-0.1, -0.05) is 6.42 Å². The molecule has 2 aromatic carbocycles. The van der Waals surface area contributed by atoms with Gasteiger partial charge in [-0.2, -0.15) is 0 Å². The highest BCUT2D eigenvalue weighted by Crippen LogP contribution is 2.49. The number of hydrogen-bond donors (Lipinski definition) is 4. The Morgan fingerprint density at radius 1 is 0.484 bits per heavy atom. The summed E-state index contributed by atoms with van der Waals surface area (Å²) in [6, 6.07) is 0. The lowest BCUT2D eigenvalue weighted by molar-refractivity contribution is 0.335. The second-order valence-electron chi connectivity index (χ2n) is 7.30. The molecular formula is C23H32O8. The number of methoxy groups -OCH3 is 4. The molecule has 0 amide bonds. The van der Waals surface area contributed by atoms with Gasteiger partial charge in [-0.3, -0.25) is 0 Å². The summed E-state index contributed by atoms with van der Waals surface area (Å²) in [6.07, 6.45) is 3.05. The van der Waals surface area contributed by atoms with Gasteiger partial charge in [-0.25, -0.2) is 0 Å². The van der Waals surface area contributed by atoms with Crippen molar-refractivity contribution in [1.82, 2.24) is 0 Å². The Balaban J connectivity index is 2.14. The van der Waals surface area contributed by atoms with Gasteiger partial charge >= 0.3 is 0 Å². The summed E-state index contributed by atoms with van der Waals surface area (Å²) in [4.78, 5) is 0. The van der Waals surface area contributed by atoms with Gasteiger partial charge in [-0.15, -0.1) is 0 Å². The first-order valence-corrected chi connectivity index (χ1v) is 10.1. The molecule has 8 heteroatoms. The van der Waals surface area contributed by atoms with E-state index in [2.05, 4.69) is 0 Å². The van der Waals surface area contributed by atoms with Crippen LogP contribution in [0.5, 0.6) is 46.0 Å². The minimum Gasteiger partial charge on any atom is -0.504 e. The molecule has 0 saturated heterocycles. The van der Waals surface area contributed by atoms with E-state index < -0.39 is 0 Å². The Bertz CT molecular complexity index is 861. The van der Waals surface area contributed by atoms with Gasteiger partial charge in [-0.05, 0) is 39.5 Å². The second-order valence-corrected chi connectivity index (χ2v) is 7.30. The smallest absolute Gasteiger partial charge is 0.167 e. The van der Waals surface area contributed by atoms with Crippen LogP contribution in [0.1, 0.15) is 41.5 Å². The summed E-state index contributed by atoms with van der Waals surface area (Å²) < 4.78 is 21.0. The molecule has 31 heavy (non-hydrogen) atoms. The maximum Gasteiger partial charge on any atom is 0.167 e. The lowest BCUT2D eigenvalue weighted by atomic mass is 9.98. The number of hydrogen-bond acceptors (Lipinski definition) is 8. The fraction of sp³-hybridized carbons (Fsp3) is 0.478. The standard InChI is InChI=1S/C23H32O8/c1-12-16(24)22(30-5)14(18(26)20(12)28-3)10-8-7-9-11-15-19(27)21(29-4)13(2)17(25)23(15)31-6/h24-27H,7-11H2,1-6H3. The molecule has 0 atom stereocenters. The predicted molar refractivity (Wildman–Crippen MR) is 116 cm³/mol. The van der Waals surface area contributed by atoms with Crippen molar-refractivity contribution in [3.05, 3.63) is 22.3 Å². The lowest BCUT2D eigenvalue weighted by Crippen LogP contribution is -2.00. The van der Waals surface area contributed by atoms with E-state index in [-0.39, 0.29) is 46.0 Å². The molecular weight excluding hydrogens is 404 g/mol. The van der Waals surface area contributed by atoms with Crippen LogP contribution in [0, 0.1) is 13.8 Å². The zero-order chi connectivity index (χ0) is 23.3. The van der Waals surface area contributed by atoms with Crippen LogP contribution < -0.4 is 18.9 Å². The molecule has 0 aliphatic rings. The van der Waals surface area contributed by atoms with Crippen molar-refractivity contribution in [1.29, 1.82) is 0 Å². The van der Waals surface area contributed by atoms with Gasteiger partial charge in [0.1, 0.15) is 0 Å². The third-order valence-corrected chi connectivity index (χ3v) is 5.54. The quantitative estimate of drug-likeness (QED) is 0.325. The van der Waals surface area contributed by atoms with Crippen molar-refractivity contribution < 1.29 is 39.4 Å². The molecule has 0 unspecified atom stereocenters. The van der Waals surface area contributed by atoms with Crippen molar-refractivity contribution >= 4 is 0 Å². The van der Waals surface area contributed by atoms with Gasteiger partial charge in [0.15, 0.2) is 46.0 Å². The largest absolute Gasteiger partial charge is 0.504 e. The topological polar surface area (TPSA) is 118 Å². The maximum atomic E-state index is 10.6. The van der Waals surface area contributed by atoms with Gasteiger partial charge in [0.05, 0.1) is 28.4 Å². The summed E-state index contributed by atoms with van der Waals surface area (Å²) >= 11 is 0. The van der Waals surface area contributed by atoms with Gasteiger partial charge in [0.25, 0.3) is 0 Å². The van der Waals surface area contributed by atoms with Gasteiger partial charge < -0.3 is 39.4 Å². The third kappa shape index (κ3) is 4.47. The van der Waals surface area contributed by atoms with Crippen molar-refractivity contribution in [3.63, 3.8) is 0 Å². The molecule has 172 valence electrons. The SMILES string of the molecule is COc1c(C)c(O)c(OC)c(CCCCCc2c(O)c(OC)c(C)c(O)c2OC)c1O. The second kappa shape index (κ2) is 10.2. The highest BCUT2D eigenvalue weighted by Gasteiger charge is 2.24. The summed E-state index contributed by atoms with van der Waals surface area (Å²) in [5, 5.41) is 41.8. The zero-order valence-corrected chi connectivity index (χ0v) is 19.0. The monoisotopic (exact) mass is 436 g/mol.